The van der Waals surface area contributed by atoms with Crippen molar-refractivity contribution in [2.24, 2.45) is 5.73 Å². The van der Waals surface area contributed by atoms with Crippen LogP contribution in [0.2, 0.25) is 5.02 Å². The number of furan rings is 1. The molecule has 1 aromatic heterocycles. The molecular formula is C12H12ClNOS. The largest absolute Gasteiger partial charge is 0.468 e. The molecule has 0 spiro atoms. The van der Waals surface area contributed by atoms with Gasteiger partial charge < -0.3 is 10.2 Å². The highest BCUT2D eigenvalue weighted by Crippen LogP contribution is 2.24. The number of halogens is 1. The Bertz CT molecular complexity index is 427. The molecule has 0 amide bonds. The van der Waals surface area contributed by atoms with Crippen LogP contribution in [-0.4, -0.2) is 5.75 Å². The van der Waals surface area contributed by atoms with Crippen molar-refractivity contribution in [3.63, 3.8) is 0 Å². The van der Waals surface area contributed by atoms with Crippen molar-refractivity contribution in [1.82, 2.24) is 0 Å². The topological polar surface area (TPSA) is 39.2 Å². The van der Waals surface area contributed by atoms with Crippen LogP contribution in [0, 0.1) is 0 Å². The molecule has 1 atom stereocenters. The van der Waals surface area contributed by atoms with Crippen LogP contribution < -0.4 is 5.73 Å². The maximum Gasteiger partial charge on any atom is 0.121 e. The van der Waals surface area contributed by atoms with E-state index in [2.05, 4.69) is 0 Å². The van der Waals surface area contributed by atoms with E-state index in [0.29, 0.717) is 0 Å². The molecule has 16 heavy (non-hydrogen) atoms. The standard InChI is InChI=1S/C12H12ClNOS/c13-9-3-5-10(6-4-9)16-8-11(14)12-2-1-7-15-12/h1-7,11H,8,14H2. The number of thioether (sulfide) groups is 1. The van der Waals surface area contributed by atoms with Crippen LogP contribution in [0.1, 0.15) is 11.8 Å². The van der Waals surface area contributed by atoms with Crippen molar-refractivity contribution < 1.29 is 4.42 Å². The van der Waals surface area contributed by atoms with Gasteiger partial charge in [-0.3, -0.25) is 0 Å². The average molecular weight is 254 g/mol. The predicted octanol–water partition coefficient (Wildman–Crippen LogP) is 3.73. The van der Waals surface area contributed by atoms with Gasteiger partial charge in [-0.2, -0.15) is 0 Å². The minimum Gasteiger partial charge on any atom is -0.468 e. The lowest BCUT2D eigenvalue weighted by atomic mass is 10.3. The van der Waals surface area contributed by atoms with Crippen LogP contribution in [0.3, 0.4) is 0 Å². The molecule has 0 aliphatic rings. The van der Waals surface area contributed by atoms with Crippen LogP contribution in [0.25, 0.3) is 0 Å². The Kier molecular flexibility index (Phi) is 3.93. The smallest absolute Gasteiger partial charge is 0.121 e. The summed E-state index contributed by atoms with van der Waals surface area (Å²) >= 11 is 7.50. The van der Waals surface area contributed by atoms with E-state index in [1.807, 2.05) is 36.4 Å². The predicted molar refractivity (Wildman–Crippen MR) is 67.8 cm³/mol. The summed E-state index contributed by atoms with van der Waals surface area (Å²) in [6, 6.07) is 11.4. The highest BCUT2D eigenvalue weighted by atomic mass is 35.5. The molecule has 1 heterocycles. The SMILES string of the molecule is NC(CSc1ccc(Cl)cc1)c1ccco1. The Labute approximate surface area is 104 Å². The molecule has 4 heteroatoms. The van der Waals surface area contributed by atoms with E-state index in [4.69, 9.17) is 21.8 Å². The van der Waals surface area contributed by atoms with Crippen molar-refractivity contribution in [1.29, 1.82) is 0 Å². The fourth-order valence-corrected chi connectivity index (χ4v) is 2.29. The number of benzene rings is 1. The van der Waals surface area contributed by atoms with Gasteiger partial charge in [-0.15, -0.1) is 11.8 Å². The minimum atomic E-state index is -0.0734. The first-order chi connectivity index (χ1) is 7.75. The van der Waals surface area contributed by atoms with E-state index in [-0.39, 0.29) is 6.04 Å². The van der Waals surface area contributed by atoms with Gasteiger partial charge in [0.15, 0.2) is 0 Å². The first-order valence-electron chi connectivity index (χ1n) is 4.93. The van der Waals surface area contributed by atoms with E-state index in [9.17, 15) is 0 Å². The number of rotatable bonds is 4. The Morgan fingerprint density at radius 3 is 2.62 bits per heavy atom. The zero-order valence-corrected chi connectivity index (χ0v) is 10.2. The molecule has 1 aromatic carbocycles. The van der Waals surface area contributed by atoms with Gasteiger partial charge in [0.1, 0.15) is 5.76 Å². The molecule has 2 N–H and O–H groups in total. The molecule has 1 unspecified atom stereocenters. The molecule has 0 fully saturated rings. The lowest BCUT2D eigenvalue weighted by Gasteiger charge is -2.08. The van der Waals surface area contributed by atoms with Gasteiger partial charge in [0.25, 0.3) is 0 Å². The van der Waals surface area contributed by atoms with E-state index in [0.717, 1.165) is 21.4 Å². The van der Waals surface area contributed by atoms with E-state index in [1.54, 1.807) is 18.0 Å². The monoisotopic (exact) mass is 253 g/mol. The zero-order chi connectivity index (χ0) is 11.4. The summed E-state index contributed by atoms with van der Waals surface area (Å²) in [5.74, 6) is 1.61. The summed E-state index contributed by atoms with van der Waals surface area (Å²) in [5, 5.41) is 0.750. The third-order valence-corrected chi connectivity index (χ3v) is 3.54. The van der Waals surface area contributed by atoms with Crippen LogP contribution in [-0.2, 0) is 0 Å². The Balaban J connectivity index is 1.90. The third-order valence-electron chi connectivity index (χ3n) is 2.15. The number of hydrogen-bond acceptors (Lipinski definition) is 3. The summed E-state index contributed by atoms with van der Waals surface area (Å²) < 4.78 is 5.24. The van der Waals surface area contributed by atoms with Crippen molar-refractivity contribution in [2.45, 2.75) is 10.9 Å². The van der Waals surface area contributed by atoms with Crippen LogP contribution in [0.4, 0.5) is 0 Å². The maximum atomic E-state index is 5.98. The number of hydrogen-bond donors (Lipinski definition) is 1. The molecule has 2 aromatic rings. The van der Waals surface area contributed by atoms with Crippen molar-refractivity contribution in [3.05, 3.63) is 53.4 Å². The van der Waals surface area contributed by atoms with Gasteiger partial charge in [-0.25, -0.2) is 0 Å². The number of nitrogens with two attached hydrogens (primary N) is 1. The fourth-order valence-electron chi connectivity index (χ4n) is 1.30. The first kappa shape index (κ1) is 11.6. The molecule has 2 rings (SSSR count). The van der Waals surface area contributed by atoms with Gasteiger partial charge in [0.05, 0.1) is 12.3 Å². The summed E-state index contributed by atoms with van der Waals surface area (Å²) in [4.78, 5) is 1.16. The Morgan fingerprint density at radius 2 is 2.00 bits per heavy atom. The molecule has 2 nitrogen and oxygen atoms in total. The second-order valence-electron chi connectivity index (χ2n) is 3.39. The summed E-state index contributed by atoms with van der Waals surface area (Å²) in [7, 11) is 0. The first-order valence-corrected chi connectivity index (χ1v) is 6.29. The van der Waals surface area contributed by atoms with Crippen LogP contribution >= 0.6 is 23.4 Å². The quantitative estimate of drug-likeness (QED) is 0.844. The maximum absolute atomic E-state index is 5.98. The molecular weight excluding hydrogens is 242 g/mol. The van der Waals surface area contributed by atoms with Gasteiger partial charge in [-0.1, -0.05) is 11.6 Å². The van der Waals surface area contributed by atoms with E-state index < -0.39 is 0 Å². The van der Waals surface area contributed by atoms with Crippen molar-refractivity contribution in [2.75, 3.05) is 5.75 Å². The van der Waals surface area contributed by atoms with Crippen LogP contribution in [0.5, 0.6) is 0 Å². The van der Waals surface area contributed by atoms with Crippen LogP contribution in [0.15, 0.2) is 52.0 Å². The normalized spacial score (nSPS) is 12.6. The van der Waals surface area contributed by atoms with Crippen molar-refractivity contribution >= 4 is 23.4 Å². The zero-order valence-electron chi connectivity index (χ0n) is 8.60. The Morgan fingerprint density at radius 1 is 1.25 bits per heavy atom. The molecule has 0 bridgehead atoms. The van der Waals surface area contributed by atoms with Gasteiger partial charge in [-0.05, 0) is 36.4 Å². The second kappa shape index (κ2) is 5.43. The second-order valence-corrected chi connectivity index (χ2v) is 4.92. The van der Waals surface area contributed by atoms with Gasteiger partial charge in [0.2, 0.25) is 0 Å². The van der Waals surface area contributed by atoms with Gasteiger partial charge >= 0.3 is 0 Å². The summed E-state index contributed by atoms with van der Waals surface area (Å²) in [6.07, 6.45) is 1.64. The highest BCUT2D eigenvalue weighted by molar-refractivity contribution is 7.99. The van der Waals surface area contributed by atoms with Crippen molar-refractivity contribution in [3.8, 4) is 0 Å². The fraction of sp³-hybridized carbons (Fsp3) is 0.167. The molecule has 84 valence electrons. The van der Waals surface area contributed by atoms with E-state index in [1.165, 1.54) is 0 Å². The summed E-state index contributed by atoms with van der Waals surface area (Å²) in [5.41, 5.74) is 5.98. The summed E-state index contributed by atoms with van der Waals surface area (Å²) in [6.45, 7) is 0. The van der Waals surface area contributed by atoms with E-state index >= 15 is 0 Å². The van der Waals surface area contributed by atoms with Gasteiger partial charge in [0, 0.05) is 15.7 Å². The lowest BCUT2D eigenvalue weighted by molar-refractivity contribution is 0.482. The average Bonchev–Trinajstić information content (AvgIpc) is 2.81. The Hall–Kier alpha value is -0.900. The minimum absolute atomic E-state index is 0.0734. The highest BCUT2D eigenvalue weighted by Gasteiger charge is 2.08. The molecule has 0 saturated heterocycles. The lowest BCUT2D eigenvalue weighted by Crippen LogP contribution is -2.11. The third kappa shape index (κ3) is 3.04. The molecule has 0 saturated carbocycles. The molecule has 0 aliphatic carbocycles. The molecule has 0 aliphatic heterocycles. The molecule has 0 radical (unpaired) electrons.